The zero-order chi connectivity index (χ0) is 15.2. The van der Waals surface area contributed by atoms with E-state index in [4.69, 9.17) is 4.74 Å². The minimum Gasteiger partial charge on any atom is -0.497 e. The molecule has 1 atom stereocenters. The molecule has 2 N–H and O–H groups in total. The van der Waals surface area contributed by atoms with Gasteiger partial charge in [-0.15, -0.1) is 0 Å². The lowest BCUT2D eigenvalue weighted by molar-refractivity contribution is -0.121. The molecule has 0 saturated carbocycles. The summed E-state index contributed by atoms with van der Waals surface area (Å²) in [6.45, 7) is 4.53. The number of nitrogens with one attached hydrogen (secondary N) is 2. The summed E-state index contributed by atoms with van der Waals surface area (Å²) in [5.74, 6) is 1.42. The number of hydrogen-bond acceptors (Lipinski definition) is 4. The lowest BCUT2D eigenvalue weighted by Crippen LogP contribution is -2.38. The van der Waals surface area contributed by atoms with Crippen LogP contribution in [0.2, 0.25) is 0 Å². The topological polar surface area (TPSA) is 63.2 Å². The summed E-state index contributed by atoms with van der Waals surface area (Å²) in [7, 11) is 1.63. The highest BCUT2D eigenvalue weighted by Gasteiger charge is 2.14. The molecular weight excluding hydrogens is 266 g/mol. The third-order valence-corrected chi connectivity index (χ3v) is 3.27. The highest BCUT2D eigenvalue weighted by atomic mass is 16.5. The molecule has 1 unspecified atom stereocenters. The Bertz CT molecular complexity index is 628. The Morgan fingerprint density at radius 1 is 1.38 bits per heavy atom. The first-order valence-corrected chi connectivity index (χ1v) is 7.12. The fourth-order valence-electron chi connectivity index (χ4n) is 2.06. The van der Waals surface area contributed by atoms with Gasteiger partial charge in [-0.3, -0.25) is 4.79 Å². The zero-order valence-electron chi connectivity index (χ0n) is 12.6. The van der Waals surface area contributed by atoms with Gasteiger partial charge in [0.25, 0.3) is 0 Å². The predicted molar refractivity (Wildman–Crippen MR) is 84.7 cm³/mol. The monoisotopic (exact) mass is 287 g/mol. The van der Waals surface area contributed by atoms with E-state index in [-0.39, 0.29) is 11.9 Å². The smallest absolute Gasteiger partial charge is 0.242 e. The molecule has 5 heteroatoms. The van der Waals surface area contributed by atoms with Crippen molar-refractivity contribution in [3.05, 3.63) is 30.5 Å². The van der Waals surface area contributed by atoms with Gasteiger partial charge in [-0.05, 0) is 36.9 Å². The number of nitrogens with zero attached hydrogens (tertiary/aromatic N) is 1. The van der Waals surface area contributed by atoms with Crippen LogP contribution in [0.25, 0.3) is 10.8 Å². The van der Waals surface area contributed by atoms with Crippen LogP contribution in [0.3, 0.4) is 0 Å². The Kier molecular flexibility index (Phi) is 4.98. The first-order chi connectivity index (χ1) is 10.2. The number of aromatic nitrogens is 1. The second-order valence-electron chi connectivity index (χ2n) is 4.90. The molecule has 0 aliphatic rings. The van der Waals surface area contributed by atoms with Crippen LogP contribution in [0.4, 0.5) is 5.82 Å². The van der Waals surface area contributed by atoms with E-state index in [0.717, 1.165) is 22.9 Å². The minimum atomic E-state index is -0.346. The molecule has 0 bridgehead atoms. The Morgan fingerprint density at radius 2 is 2.19 bits per heavy atom. The number of amides is 1. The van der Waals surface area contributed by atoms with Crippen molar-refractivity contribution < 1.29 is 9.53 Å². The second-order valence-corrected chi connectivity index (χ2v) is 4.90. The summed E-state index contributed by atoms with van der Waals surface area (Å²) in [5.41, 5.74) is 0. The van der Waals surface area contributed by atoms with E-state index < -0.39 is 0 Å². The molecule has 0 radical (unpaired) electrons. The average molecular weight is 287 g/mol. The maximum Gasteiger partial charge on any atom is 0.242 e. The largest absolute Gasteiger partial charge is 0.497 e. The van der Waals surface area contributed by atoms with E-state index in [1.807, 2.05) is 38.1 Å². The van der Waals surface area contributed by atoms with Crippen LogP contribution < -0.4 is 15.4 Å². The molecule has 1 amide bonds. The number of carbonyl (C=O) groups excluding carboxylic acids is 1. The molecule has 1 heterocycles. The minimum absolute atomic E-state index is 0.0291. The number of pyridine rings is 1. The number of methoxy groups -OCH3 is 1. The summed E-state index contributed by atoms with van der Waals surface area (Å²) in [6, 6.07) is 7.39. The van der Waals surface area contributed by atoms with Crippen molar-refractivity contribution in [3.8, 4) is 5.75 Å². The number of anilines is 1. The van der Waals surface area contributed by atoms with Gasteiger partial charge in [0, 0.05) is 18.1 Å². The predicted octanol–water partition coefficient (Wildman–Crippen LogP) is 2.57. The highest BCUT2D eigenvalue weighted by molar-refractivity contribution is 5.94. The summed E-state index contributed by atoms with van der Waals surface area (Å²) in [4.78, 5) is 16.3. The van der Waals surface area contributed by atoms with Crippen LogP contribution in [-0.4, -0.2) is 30.6 Å². The standard InChI is InChI=1S/C16H21N3O2/c1-4-8-18-16(20)11(2)19-15-14-10-13(21-3)6-5-12(14)7-9-17-15/h5-7,9-11H,4,8H2,1-3H3,(H,17,19)(H,18,20). The SMILES string of the molecule is CCCNC(=O)C(C)Nc1nccc2ccc(OC)cc12. The quantitative estimate of drug-likeness (QED) is 0.857. The molecule has 1 aromatic heterocycles. The molecule has 2 rings (SSSR count). The summed E-state index contributed by atoms with van der Waals surface area (Å²) in [6.07, 6.45) is 2.65. The average Bonchev–Trinajstić information content (AvgIpc) is 2.52. The van der Waals surface area contributed by atoms with Crippen molar-refractivity contribution in [2.45, 2.75) is 26.3 Å². The third kappa shape index (κ3) is 3.62. The molecule has 5 nitrogen and oxygen atoms in total. The van der Waals surface area contributed by atoms with Gasteiger partial charge in [0.2, 0.25) is 5.91 Å². The number of benzene rings is 1. The molecule has 0 aliphatic carbocycles. The van der Waals surface area contributed by atoms with Crippen LogP contribution in [-0.2, 0) is 4.79 Å². The number of fused-ring (bicyclic) bond motifs is 1. The van der Waals surface area contributed by atoms with E-state index >= 15 is 0 Å². The van der Waals surface area contributed by atoms with Crippen LogP contribution in [0.5, 0.6) is 5.75 Å². The zero-order valence-corrected chi connectivity index (χ0v) is 12.6. The van der Waals surface area contributed by atoms with E-state index in [1.54, 1.807) is 13.3 Å². The van der Waals surface area contributed by atoms with Crippen LogP contribution in [0, 0.1) is 0 Å². The Morgan fingerprint density at radius 3 is 2.90 bits per heavy atom. The van der Waals surface area contributed by atoms with Gasteiger partial charge in [-0.2, -0.15) is 0 Å². The van der Waals surface area contributed by atoms with E-state index in [9.17, 15) is 4.79 Å². The Labute approximate surface area is 124 Å². The molecule has 1 aromatic carbocycles. The third-order valence-electron chi connectivity index (χ3n) is 3.27. The van der Waals surface area contributed by atoms with Crippen molar-refractivity contribution in [1.82, 2.24) is 10.3 Å². The fourth-order valence-corrected chi connectivity index (χ4v) is 2.06. The van der Waals surface area contributed by atoms with Crippen molar-refractivity contribution in [1.29, 1.82) is 0 Å². The highest BCUT2D eigenvalue weighted by Crippen LogP contribution is 2.26. The lowest BCUT2D eigenvalue weighted by Gasteiger charge is -2.16. The fraction of sp³-hybridized carbons (Fsp3) is 0.375. The van der Waals surface area contributed by atoms with Crippen LogP contribution in [0.1, 0.15) is 20.3 Å². The van der Waals surface area contributed by atoms with Crippen LogP contribution >= 0.6 is 0 Å². The second kappa shape index (κ2) is 6.92. The first kappa shape index (κ1) is 15.1. The van der Waals surface area contributed by atoms with Crippen molar-refractivity contribution >= 4 is 22.5 Å². The number of ether oxygens (including phenoxy) is 1. The molecule has 0 saturated heterocycles. The van der Waals surface area contributed by atoms with Crippen molar-refractivity contribution in [2.75, 3.05) is 19.0 Å². The van der Waals surface area contributed by atoms with E-state index in [2.05, 4.69) is 15.6 Å². The molecule has 0 fully saturated rings. The maximum absolute atomic E-state index is 11.9. The van der Waals surface area contributed by atoms with Gasteiger partial charge in [-0.1, -0.05) is 13.0 Å². The number of carbonyl (C=O) groups is 1. The number of hydrogen-bond donors (Lipinski definition) is 2. The Balaban J connectivity index is 2.23. The van der Waals surface area contributed by atoms with Crippen LogP contribution in [0.15, 0.2) is 30.5 Å². The Hall–Kier alpha value is -2.30. The van der Waals surface area contributed by atoms with E-state index in [1.165, 1.54) is 0 Å². The molecule has 2 aromatic rings. The molecule has 0 aliphatic heterocycles. The molecular formula is C16H21N3O2. The number of rotatable bonds is 6. The van der Waals surface area contributed by atoms with Gasteiger partial charge < -0.3 is 15.4 Å². The van der Waals surface area contributed by atoms with Crippen molar-refractivity contribution in [3.63, 3.8) is 0 Å². The van der Waals surface area contributed by atoms with Gasteiger partial charge in [0.05, 0.1) is 7.11 Å². The van der Waals surface area contributed by atoms with E-state index in [0.29, 0.717) is 12.4 Å². The van der Waals surface area contributed by atoms with Gasteiger partial charge in [0.15, 0.2) is 0 Å². The summed E-state index contributed by atoms with van der Waals surface area (Å²) >= 11 is 0. The normalized spacial score (nSPS) is 12.0. The van der Waals surface area contributed by atoms with Gasteiger partial charge in [-0.25, -0.2) is 4.98 Å². The first-order valence-electron chi connectivity index (χ1n) is 7.12. The maximum atomic E-state index is 11.9. The molecule has 21 heavy (non-hydrogen) atoms. The lowest BCUT2D eigenvalue weighted by atomic mass is 10.1. The molecule has 0 spiro atoms. The van der Waals surface area contributed by atoms with Gasteiger partial charge >= 0.3 is 0 Å². The van der Waals surface area contributed by atoms with Crippen molar-refractivity contribution in [2.24, 2.45) is 0 Å². The summed E-state index contributed by atoms with van der Waals surface area (Å²) < 4.78 is 5.25. The molecule has 112 valence electrons. The summed E-state index contributed by atoms with van der Waals surface area (Å²) in [5, 5.41) is 8.02. The van der Waals surface area contributed by atoms with Gasteiger partial charge in [0.1, 0.15) is 17.6 Å².